The van der Waals surface area contributed by atoms with E-state index >= 15 is 0 Å². The van der Waals surface area contributed by atoms with Crippen molar-refractivity contribution >= 4 is 0 Å². The van der Waals surface area contributed by atoms with E-state index in [2.05, 4.69) is 24.5 Å². The zero-order valence-electron chi connectivity index (χ0n) is 9.44. The van der Waals surface area contributed by atoms with Crippen LogP contribution in [0.15, 0.2) is 30.3 Å². The van der Waals surface area contributed by atoms with Crippen molar-refractivity contribution in [3.8, 4) is 0 Å². The highest BCUT2D eigenvalue weighted by Crippen LogP contribution is 2.07. The summed E-state index contributed by atoms with van der Waals surface area (Å²) in [5, 5.41) is 0. The van der Waals surface area contributed by atoms with E-state index in [1.165, 1.54) is 5.56 Å². The van der Waals surface area contributed by atoms with Crippen LogP contribution >= 0.6 is 0 Å². The van der Waals surface area contributed by atoms with E-state index in [9.17, 15) is 0 Å². The van der Waals surface area contributed by atoms with E-state index in [1.54, 1.807) is 0 Å². The lowest BCUT2D eigenvalue weighted by atomic mass is 10.1. The van der Waals surface area contributed by atoms with Crippen LogP contribution in [0.1, 0.15) is 25.8 Å². The van der Waals surface area contributed by atoms with E-state index < -0.39 is 0 Å². The maximum Gasteiger partial charge on any atom is 0.0721 e. The highest BCUT2D eigenvalue weighted by molar-refractivity contribution is 5.13. The van der Waals surface area contributed by atoms with Gasteiger partial charge in [-0.1, -0.05) is 37.3 Å². The van der Waals surface area contributed by atoms with Crippen molar-refractivity contribution in [1.29, 1.82) is 0 Å². The summed E-state index contributed by atoms with van der Waals surface area (Å²) in [5.41, 5.74) is 3.95. The van der Waals surface area contributed by atoms with Gasteiger partial charge in [-0.3, -0.25) is 11.3 Å². The van der Waals surface area contributed by atoms with Gasteiger partial charge in [0.05, 0.1) is 12.7 Å². The van der Waals surface area contributed by atoms with Crippen LogP contribution < -0.4 is 11.3 Å². The largest absolute Gasteiger partial charge is 0.372 e. The van der Waals surface area contributed by atoms with Crippen LogP contribution in [-0.2, 0) is 11.3 Å². The molecule has 0 spiro atoms. The molecule has 0 radical (unpaired) electrons. The van der Waals surface area contributed by atoms with Crippen LogP contribution in [0.2, 0.25) is 0 Å². The second kappa shape index (κ2) is 6.56. The number of hydrogen-bond donors (Lipinski definition) is 2. The number of hydrogen-bond acceptors (Lipinski definition) is 3. The van der Waals surface area contributed by atoms with E-state index in [-0.39, 0.29) is 12.1 Å². The summed E-state index contributed by atoms with van der Waals surface area (Å²) in [6.07, 6.45) is 1.09. The molecule has 1 aromatic carbocycles. The van der Waals surface area contributed by atoms with Crippen molar-refractivity contribution in [2.45, 2.75) is 39.0 Å². The van der Waals surface area contributed by atoms with Gasteiger partial charge in [-0.05, 0) is 18.9 Å². The van der Waals surface area contributed by atoms with Crippen molar-refractivity contribution in [3.63, 3.8) is 0 Å². The van der Waals surface area contributed by atoms with Gasteiger partial charge in [0, 0.05) is 6.04 Å². The lowest BCUT2D eigenvalue weighted by Crippen LogP contribution is -2.43. The Morgan fingerprint density at radius 2 is 2.00 bits per heavy atom. The van der Waals surface area contributed by atoms with Crippen LogP contribution in [-0.4, -0.2) is 12.1 Å². The van der Waals surface area contributed by atoms with Gasteiger partial charge >= 0.3 is 0 Å². The van der Waals surface area contributed by atoms with Gasteiger partial charge in [0.2, 0.25) is 0 Å². The Morgan fingerprint density at radius 1 is 1.33 bits per heavy atom. The molecule has 1 rings (SSSR count). The molecule has 0 saturated heterocycles. The molecule has 0 saturated carbocycles. The first-order valence-corrected chi connectivity index (χ1v) is 5.39. The summed E-state index contributed by atoms with van der Waals surface area (Å²) in [6, 6.07) is 10.4. The maximum atomic E-state index is 5.73. The Bertz CT molecular complexity index is 260. The van der Waals surface area contributed by atoms with Gasteiger partial charge in [0.15, 0.2) is 0 Å². The zero-order valence-corrected chi connectivity index (χ0v) is 9.44. The molecule has 0 aliphatic rings. The molecule has 3 heteroatoms. The molecule has 0 unspecified atom stereocenters. The third-order valence-corrected chi connectivity index (χ3v) is 2.58. The van der Waals surface area contributed by atoms with Crippen molar-refractivity contribution < 1.29 is 4.74 Å². The number of ether oxygens (including phenoxy) is 1. The van der Waals surface area contributed by atoms with Gasteiger partial charge in [0.1, 0.15) is 0 Å². The third-order valence-electron chi connectivity index (χ3n) is 2.58. The van der Waals surface area contributed by atoms with Crippen LogP contribution in [0, 0.1) is 0 Å². The predicted molar refractivity (Wildman–Crippen MR) is 62.1 cm³/mol. The summed E-state index contributed by atoms with van der Waals surface area (Å²) >= 11 is 0. The number of rotatable bonds is 6. The van der Waals surface area contributed by atoms with E-state index in [0.717, 1.165) is 6.42 Å². The second-order valence-electron chi connectivity index (χ2n) is 3.68. The van der Waals surface area contributed by atoms with Gasteiger partial charge in [-0.25, -0.2) is 0 Å². The fourth-order valence-corrected chi connectivity index (χ4v) is 1.50. The minimum absolute atomic E-state index is 0.125. The normalized spacial score (nSPS) is 14.9. The Balaban J connectivity index is 2.36. The van der Waals surface area contributed by atoms with Gasteiger partial charge in [-0.15, -0.1) is 0 Å². The van der Waals surface area contributed by atoms with E-state index in [4.69, 9.17) is 10.6 Å². The lowest BCUT2D eigenvalue weighted by molar-refractivity contribution is 0.0261. The molecule has 1 aromatic rings. The molecular weight excluding hydrogens is 188 g/mol. The highest BCUT2D eigenvalue weighted by Gasteiger charge is 2.13. The highest BCUT2D eigenvalue weighted by atomic mass is 16.5. The minimum atomic E-state index is 0.125. The standard InChI is InChI=1S/C12H20N2O/c1-3-12(14-13)10(2)15-9-11-7-5-4-6-8-11/h4-8,10,12,14H,3,9,13H2,1-2H3/t10-,12-/m0/s1. The predicted octanol–water partition coefficient (Wildman–Crippen LogP) is 1.83. The van der Waals surface area contributed by atoms with Crippen LogP contribution in [0.5, 0.6) is 0 Å². The monoisotopic (exact) mass is 208 g/mol. The molecule has 15 heavy (non-hydrogen) atoms. The molecule has 0 heterocycles. The quantitative estimate of drug-likeness (QED) is 0.554. The van der Waals surface area contributed by atoms with Gasteiger partial charge in [-0.2, -0.15) is 0 Å². The van der Waals surface area contributed by atoms with Crippen LogP contribution in [0.25, 0.3) is 0 Å². The third kappa shape index (κ3) is 4.00. The molecule has 3 N–H and O–H groups in total. The Labute approximate surface area is 91.6 Å². The summed E-state index contributed by atoms with van der Waals surface area (Å²) in [6.45, 7) is 4.77. The SMILES string of the molecule is CC[C@H](NN)[C@H](C)OCc1ccccc1. The summed E-state index contributed by atoms with van der Waals surface area (Å²) in [5.74, 6) is 5.42. The molecule has 0 fully saturated rings. The molecule has 0 aliphatic heterocycles. The minimum Gasteiger partial charge on any atom is -0.372 e. The average molecular weight is 208 g/mol. The first-order chi connectivity index (χ1) is 7.27. The Hall–Kier alpha value is -0.900. The molecule has 2 atom stereocenters. The molecule has 84 valence electrons. The molecule has 0 amide bonds. The summed E-state index contributed by atoms with van der Waals surface area (Å²) in [7, 11) is 0. The number of nitrogens with two attached hydrogens (primary N) is 1. The first kappa shape index (κ1) is 12.2. The van der Waals surface area contributed by atoms with Crippen LogP contribution in [0.3, 0.4) is 0 Å². The van der Waals surface area contributed by atoms with Crippen molar-refractivity contribution in [2.24, 2.45) is 5.84 Å². The molecular formula is C12H20N2O. The maximum absolute atomic E-state index is 5.73. The van der Waals surface area contributed by atoms with E-state index in [0.29, 0.717) is 6.61 Å². The average Bonchev–Trinajstić information content (AvgIpc) is 2.29. The number of hydrazine groups is 1. The van der Waals surface area contributed by atoms with Gasteiger partial charge < -0.3 is 4.74 Å². The lowest BCUT2D eigenvalue weighted by Gasteiger charge is -2.22. The smallest absolute Gasteiger partial charge is 0.0721 e. The van der Waals surface area contributed by atoms with Crippen LogP contribution in [0.4, 0.5) is 0 Å². The molecule has 3 nitrogen and oxygen atoms in total. The topological polar surface area (TPSA) is 47.3 Å². The Morgan fingerprint density at radius 3 is 2.53 bits per heavy atom. The van der Waals surface area contributed by atoms with Crippen molar-refractivity contribution in [1.82, 2.24) is 5.43 Å². The molecule has 0 aliphatic carbocycles. The first-order valence-electron chi connectivity index (χ1n) is 5.39. The zero-order chi connectivity index (χ0) is 11.1. The Kier molecular flexibility index (Phi) is 5.32. The fourth-order valence-electron chi connectivity index (χ4n) is 1.50. The van der Waals surface area contributed by atoms with E-state index in [1.807, 2.05) is 25.1 Å². The van der Waals surface area contributed by atoms with Crippen molar-refractivity contribution in [2.75, 3.05) is 0 Å². The van der Waals surface area contributed by atoms with Gasteiger partial charge in [0.25, 0.3) is 0 Å². The second-order valence-corrected chi connectivity index (χ2v) is 3.68. The molecule has 0 bridgehead atoms. The number of benzene rings is 1. The summed E-state index contributed by atoms with van der Waals surface area (Å²) < 4.78 is 5.73. The van der Waals surface area contributed by atoms with Crippen molar-refractivity contribution in [3.05, 3.63) is 35.9 Å². The number of nitrogens with one attached hydrogen (secondary N) is 1. The molecule has 0 aromatic heterocycles. The fraction of sp³-hybridized carbons (Fsp3) is 0.500. The summed E-state index contributed by atoms with van der Waals surface area (Å²) in [4.78, 5) is 0.